The lowest BCUT2D eigenvalue weighted by Crippen LogP contribution is -2.23. The summed E-state index contributed by atoms with van der Waals surface area (Å²) < 4.78 is 27.6. The molecule has 0 fully saturated rings. The summed E-state index contributed by atoms with van der Waals surface area (Å²) in [5.74, 6) is 0. The summed E-state index contributed by atoms with van der Waals surface area (Å²) in [7, 11) is -0.513. The van der Waals surface area contributed by atoms with E-state index in [2.05, 4.69) is 5.10 Å². The Bertz CT molecular complexity index is 814. The number of nitrogens with zero attached hydrogens (tertiary/aromatic N) is 3. The van der Waals surface area contributed by atoms with Crippen molar-refractivity contribution in [3.05, 3.63) is 45.2 Å². The van der Waals surface area contributed by atoms with Gasteiger partial charge >= 0.3 is 0 Å². The fourth-order valence-corrected chi connectivity index (χ4v) is 3.78. The van der Waals surface area contributed by atoms with Crippen LogP contribution in [0.25, 0.3) is 0 Å². The fraction of sp³-hybridized carbons (Fsp3) is 0.357. The number of aryl methyl sites for hydroxylation is 1. The third kappa shape index (κ3) is 3.15. The molecule has 0 aliphatic carbocycles. The van der Waals surface area contributed by atoms with E-state index in [-0.39, 0.29) is 4.90 Å². The molecule has 0 radical (unpaired) electrons. The number of sulfonamides is 1. The Hall–Kier alpha value is -1.08. The Morgan fingerprint density at radius 2 is 1.82 bits per heavy atom. The molecule has 0 saturated heterocycles. The lowest BCUT2D eigenvalue weighted by molar-refractivity contribution is 0.519. The lowest BCUT2D eigenvalue weighted by atomic mass is 10.2. The Morgan fingerprint density at radius 3 is 2.36 bits per heavy atom. The first-order chi connectivity index (χ1) is 10.1. The van der Waals surface area contributed by atoms with E-state index in [1.54, 1.807) is 30.7 Å². The van der Waals surface area contributed by atoms with Crippen molar-refractivity contribution in [3.63, 3.8) is 0 Å². The van der Waals surface area contributed by atoms with E-state index in [0.717, 1.165) is 5.56 Å². The maximum absolute atomic E-state index is 12.4. The highest BCUT2D eigenvalue weighted by Gasteiger charge is 2.26. The summed E-state index contributed by atoms with van der Waals surface area (Å²) >= 11 is 11.9. The molecule has 1 aromatic heterocycles. The molecule has 1 aromatic carbocycles. The van der Waals surface area contributed by atoms with Gasteiger partial charge in [0, 0.05) is 14.1 Å². The average molecular weight is 362 g/mol. The summed E-state index contributed by atoms with van der Waals surface area (Å²) in [5, 5.41) is 5.28. The lowest BCUT2D eigenvalue weighted by Gasteiger charge is -2.12. The second kappa shape index (κ2) is 6.20. The zero-order valence-electron chi connectivity index (χ0n) is 12.8. The molecular formula is C14H17Cl2N3O2S. The van der Waals surface area contributed by atoms with Crippen molar-refractivity contribution in [1.29, 1.82) is 0 Å². The number of hydrogen-bond donors (Lipinski definition) is 0. The van der Waals surface area contributed by atoms with Gasteiger partial charge in [-0.1, -0.05) is 29.3 Å². The first-order valence-electron chi connectivity index (χ1n) is 6.55. The van der Waals surface area contributed by atoms with Gasteiger partial charge in [-0.05, 0) is 31.5 Å². The van der Waals surface area contributed by atoms with Gasteiger partial charge in [-0.3, -0.25) is 4.68 Å². The number of rotatable bonds is 4. The molecule has 0 spiro atoms. The summed E-state index contributed by atoms with van der Waals surface area (Å²) in [6, 6.07) is 5.30. The number of benzene rings is 1. The fourth-order valence-electron chi connectivity index (χ4n) is 2.20. The zero-order valence-corrected chi connectivity index (χ0v) is 15.1. The molecule has 0 unspecified atom stereocenters. The minimum atomic E-state index is -3.52. The molecule has 2 aromatic rings. The van der Waals surface area contributed by atoms with Gasteiger partial charge in [0.15, 0.2) is 0 Å². The van der Waals surface area contributed by atoms with Crippen LogP contribution in [0.3, 0.4) is 0 Å². The van der Waals surface area contributed by atoms with E-state index in [9.17, 15) is 8.42 Å². The van der Waals surface area contributed by atoms with Crippen LogP contribution in [0.15, 0.2) is 23.1 Å². The summed E-state index contributed by atoms with van der Waals surface area (Å²) in [6.07, 6.45) is 0. The van der Waals surface area contributed by atoms with Crippen molar-refractivity contribution in [2.24, 2.45) is 0 Å². The van der Waals surface area contributed by atoms with Crippen LogP contribution in [0.5, 0.6) is 0 Å². The molecule has 0 atom stereocenters. The van der Waals surface area contributed by atoms with Crippen LogP contribution in [0.1, 0.15) is 17.0 Å². The molecule has 0 amide bonds. The van der Waals surface area contributed by atoms with Crippen LogP contribution >= 0.6 is 23.2 Å². The van der Waals surface area contributed by atoms with Gasteiger partial charge in [-0.15, -0.1) is 0 Å². The van der Waals surface area contributed by atoms with Crippen molar-refractivity contribution in [3.8, 4) is 0 Å². The Kier molecular flexibility index (Phi) is 4.87. The van der Waals surface area contributed by atoms with E-state index < -0.39 is 10.0 Å². The van der Waals surface area contributed by atoms with Crippen molar-refractivity contribution in [2.45, 2.75) is 25.3 Å². The second-order valence-corrected chi connectivity index (χ2v) is 8.10. The molecule has 22 heavy (non-hydrogen) atoms. The number of halogens is 2. The van der Waals surface area contributed by atoms with E-state index in [1.165, 1.54) is 18.4 Å². The highest BCUT2D eigenvalue weighted by Crippen LogP contribution is 2.25. The zero-order chi connectivity index (χ0) is 16.7. The van der Waals surface area contributed by atoms with E-state index in [1.807, 2.05) is 6.07 Å². The minimum Gasteiger partial charge on any atom is -0.264 e. The molecule has 0 aliphatic heterocycles. The molecule has 1 heterocycles. The van der Waals surface area contributed by atoms with Crippen molar-refractivity contribution in [2.75, 3.05) is 14.1 Å². The van der Waals surface area contributed by atoms with Gasteiger partial charge in [0.25, 0.3) is 0 Å². The highest BCUT2D eigenvalue weighted by molar-refractivity contribution is 7.89. The summed E-state index contributed by atoms with van der Waals surface area (Å²) in [4.78, 5) is 0.248. The molecular weight excluding hydrogens is 345 g/mol. The molecule has 0 saturated carbocycles. The maximum atomic E-state index is 12.4. The monoisotopic (exact) mass is 361 g/mol. The van der Waals surface area contributed by atoms with Crippen molar-refractivity contribution >= 4 is 33.2 Å². The van der Waals surface area contributed by atoms with Crippen LogP contribution in [0, 0.1) is 13.8 Å². The van der Waals surface area contributed by atoms with Gasteiger partial charge in [0.1, 0.15) is 4.90 Å². The average Bonchev–Trinajstić information content (AvgIpc) is 2.69. The molecule has 120 valence electrons. The summed E-state index contributed by atoms with van der Waals surface area (Å²) in [5.41, 5.74) is 1.97. The van der Waals surface area contributed by atoms with E-state index in [0.29, 0.717) is 28.0 Å². The van der Waals surface area contributed by atoms with E-state index in [4.69, 9.17) is 23.2 Å². The largest absolute Gasteiger partial charge is 0.264 e. The predicted molar refractivity (Wildman–Crippen MR) is 88.1 cm³/mol. The van der Waals surface area contributed by atoms with Gasteiger partial charge in [-0.25, -0.2) is 12.7 Å². The van der Waals surface area contributed by atoms with Crippen LogP contribution in [0.2, 0.25) is 10.0 Å². The maximum Gasteiger partial charge on any atom is 0.246 e. The first-order valence-corrected chi connectivity index (χ1v) is 8.74. The SMILES string of the molecule is Cc1nn(Cc2ccc(Cl)c(Cl)c2)c(C)c1S(=O)(=O)N(C)C. The quantitative estimate of drug-likeness (QED) is 0.840. The Morgan fingerprint density at radius 1 is 1.18 bits per heavy atom. The van der Waals surface area contributed by atoms with Crippen LogP contribution in [-0.2, 0) is 16.6 Å². The number of aromatic nitrogens is 2. The third-order valence-corrected chi connectivity index (χ3v) is 6.18. The smallest absolute Gasteiger partial charge is 0.246 e. The first kappa shape index (κ1) is 17.3. The molecule has 8 heteroatoms. The topological polar surface area (TPSA) is 55.2 Å². The standard InChI is InChI=1S/C14H17Cl2N3O2S/c1-9-14(22(20,21)18(3)4)10(2)19(17-9)8-11-5-6-12(15)13(16)7-11/h5-7H,8H2,1-4H3. The minimum absolute atomic E-state index is 0.248. The van der Waals surface area contributed by atoms with Gasteiger partial charge in [0.2, 0.25) is 10.0 Å². The van der Waals surface area contributed by atoms with Crippen molar-refractivity contribution < 1.29 is 8.42 Å². The Balaban J connectivity index is 2.44. The van der Waals surface area contributed by atoms with Gasteiger partial charge in [-0.2, -0.15) is 5.10 Å². The van der Waals surface area contributed by atoms with Crippen LogP contribution < -0.4 is 0 Å². The molecule has 2 rings (SSSR count). The third-order valence-electron chi connectivity index (χ3n) is 3.37. The van der Waals surface area contributed by atoms with Crippen LogP contribution in [-0.4, -0.2) is 36.6 Å². The van der Waals surface area contributed by atoms with E-state index >= 15 is 0 Å². The number of hydrogen-bond acceptors (Lipinski definition) is 3. The van der Waals surface area contributed by atoms with Crippen LogP contribution in [0.4, 0.5) is 0 Å². The van der Waals surface area contributed by atoms with Gasteiger partial charge in [0.05, 0.1) is 28.0 Å². The second-order valence-electron chi connectivity index (χ2n) is 5.19. The predicted octanol–water partition coefficient (Wildman–Crippen LogP) is 3.11. The molecule has 0 aliphatic rings. The van der Waals surface area contributed by atoms with Crippen molar-refractivity contribution in [1.82, 2.24) is 14.1 Å². The molecule has 5 nitrogen and oxygen atoms in total. The normalized spacial score (nSPS) is 12.1. The molecule has 0 N–H and O–H groups in total. The summed E-state index contributed by atoms with van der Waals surface area (Å²) in [6.45, 7) is 3.86. The molecule has 0 bridgehead atoms. The highest BCUT2D eigenvalue weighted by atomic mass is 35.5. The Labute approximate surface area is 140 Å². The van der Waals surface area contributed by atoms with Gasteiger partial charge < -0.3 is 0 Å².